The van der Waals surface area contributed by atoms with Crippen molar-refractivity contribution in [1.82, 2.24) is 0 Å². The summed E-state index contributed by atoms with van der Waals surface area (Å²) in [6.45, 7) is 10.8. The van der Waals surface area contributed by atoms with E-state index in [1.165, 1.54) is 5.56 Å². The molecule has 0 aliphatic rings. The minimum absolute atomic E-state index is 0.446. The summed E-state index contributed by atoms with van der Waals surface area (Å²) in [6.07, 6.45) is 4.32. The Morgan fingerprint density at radius 1 is 1.08 bits per heavy atom. The number of anilines is 1. The van der Waals surface area contributed by atoms with E-state index in [0.717, 1.165) is 34.7 Å². The van der Waals surface area contributed by atoms with Crippen LogP contribution in [-0.4, -0.2) is 13.7 Å². The van der Waals surface area contributed by atoms with Crippen molar-refractivity contribution in [2.24, 2.45) is 0 Å². The van der Waals surface area contributed by atoms with Gasteiger partial charge in [-0.25, -0.2) is 0 Å². The third-order valence-electron chi connectivity index (χ3n) is 3.67. The Labute approximate surface area is 144 Å². The molecule has 0 aliphatic heterocycles. The van der Waals surface area contributed by atoms with Crippen LogP contribution in [0.3, 0.4) is 0 Å². The molecule has 0 fully saturated rings. The SMILES string of the molecule is C=CCOc1c(CC=C)cc(CNc2ccc(C)cc2)cc1OC. The molecule has 3 nitrogen and oxygen atoms in total. The average molecular weight is 323 g/mol. The van der Waals surface area contributed by atoms with Crippen LogP contribution in [0.25, 0.3) is 0 Å². The first-order chi connectivity index (χ1) is 11.7. The summed E-state index contributed by atoms with van der Waals surface area (Å²) in [6, 6.07) is 12.5. The van der Waals surface area contributed by atoms with E-state index in [2.05, 4.69) is 55.7 Å². The van der Waals surface area contributed by atoms with Crippen molar-refractivity contribution in [2.45, 2.75) is 19.9 Å². The van der Waals surface area contributed by atoms with Crippen LogP contribution in [0.4, 0.5) is 5.69 Å². The minimum atomic E-state index is 0.446. The summed E-state index contributed by atoms with van der Waals surface area (Å²) in [7, 11) is 1.66. The van der Waals surface area contributed by atoms with Gasteiger partial charge in [-0.05, 0) is 43.2 Å². The van der Waals surface area contributed by atoms with Crippen molar-refractivity contribution >= 4 is 5.69 Å². The summed E-state index contributed by atoms with van der Waals surface area (Å²) in [5.74, 6) is 1.49. The van der Waals surface area contributed by atoms with Gasteiger partial charge in [-0.1, -0.05) is 36.4 Å². The summed E-state index contributed by atoms with van der Waals surface area (Å²) in [5.41, 5.74) is 4.54. The van der Waals surface area contributed by atoms with Gasteiger partial charge in [0.25, 0.3) is 0 Å². The number of nitrogens with one attached hydrogen (secondary N) is 1. The maximum atomic E-state index is 5.78. The Bertz CT molecular complexity index is 690. The second-order valence-corrected chi connectivity index (χ2v) is 5.60. The lowest BCUT2D eigenvalue weighted by Crippen LogP contribution is -2.04. The first kappa shape index (κ1) is 17.7. The molecule has 0 aliphatic carbocycles. The molecule has 0 saturated heterocycles. The Kier molecular flexibility index (Phi) is 6.50. The molecule has 0 spiro atoms. The first-order valence-electron chi connectivity index (χ1n) is 8.02. The van der Waals surface area contributed by atoms with Gasteiger partial charge in [-0.2, -0.15) is 0 Å². The van der Waals surface area contributed by atoms with E-state index >= 15 is 0 Å². The Morgan fingerprint density at radius 3 is 2.46 bits per heavy atom. The van der Waals surface area contributed by atoms with E-state index in [4.69, 9.17) is 9.47 Å². The Balaban J connectivity index is 2.22. The van der Waals surface area contributed by atoms with Crippen molar-refractivity contribution in [3.05, 3.63) is 78.4 Å². The maximum absolute atomic E-state index is 5.78. The lowest BCUT2D eigenvalue weighted by molar-refractivity contribution is 0.323. The van der Waals surface area contributed by atoms with Crippen LogP contribution >= 0.6 is 0 Å². The van der Waals surface area contributed by atoms with Gasteiger partial charge in [-0.3, -0.25) is 0 Å². The molecule has 2 aromatic carbocycles. The van der Waals surface area contributed by atoms with Crippen molar-refractivity contribution in [3.63, 3.8) is 0 Å². The second-order valence-electron chi connectivity index (χ2n) is 5.60. The zero-order valence-corrected chi connectivity index (χ0v) is 14.5. The van der Waals surface area contributed by atoms with E-state index in [9.17, 15) is 0 Å². The predicted molar refractivity (Wildman–Crippen MR) is 101 cm³/mol. The van der Waals surface area contributed by atoms with Crippen molar-refractivity contribution in [1.29, 1.82) is 0 Å². The number of methoxy groups -OCH3 is 1. The van der Waals surface area contributed by atoms with Crippen molar-refractivity contribution in [2.75, 3.05) is 19.0 Å². The molecule has 0 atom stereocenters. The number of aryl methyl sites for hydroxylation is 1. The number of ether oxygens (including phenoxy) is 2. The summed E-state index contributed by atoms with van der Waals surface area (Å²) in [4.78, 5) is 0. The molecule has 0 bridgehead atoms. The smallest absolute Gasteiger partial charge is 0.165 e. The standard InChI is InChI=1S/C21H25NO2/c1-5-7-18-13-17(14-20(23-4)21(18)24-12-6-2)15-22-19-10-8-16(3)9-11-19/h5-6,8-11,13-14,22H,1-2,7,12,15H2,3-4H3. The van der Waals surface area contributed by atoms with E-state index in [1.54, 1.807) is 13.2 Å². The molecule has 126 valence electrons. The molecule has 3 heteroatoms. The molecule has 0 radical (unpaired) electrons. The fourth-order valence-corrected chi connectivity index (χ4v) is 2.47. The maximum Gasteiger partial charge on any atom is 0.165 e. The van der Waals surface area contributed by atoms with Gasteiger partial charge < -0.3 is 14.8 Å². The molecule has 0 amide bonds. The van der Waals surface area contributed by atoms with E-state index in [0.29, 0.717) is 13.2 Å². The molecule has 0 unspecified atom stereocenters. The van der Waals surface area contributed by atoms with Gasteiger partial charge in [0, 0.05) is 17.8 Å². The first-order valence-corrected chi connectivity index (χ1v) is 8.02. The van der Waals surface area contributed by atoms with Gasteiger partial charge in [0.15, 0.2) is 11.5 Å². The highest BCUT2D eigenvalue weighted by Gasteiger charge is 2.12. The van der Waals surface area contributed by atoms with Crippen LogP contribution in [0, 0.1) is 6.92 Å². The minimum Gasteiger partial charge on any atom is -0.493 e. The number of hydrogen-bond donors (Lipinski definition) is 1. The number of allylic oxidation sites excluding steroid dienone is 1. The van der Waals surface area contributed by atoms with E-state index < -0.39 is 0 Å². The van der Waals surface area contributed by atoms with Crippen LogP contribution in [0.15, 0.2) is 61.7 Å². The summed E-state index contributed by atoms with van der Waals surface area (Å²) >= 11 is 0. The van der Waals surface area contributed by atoms with Crippen LogP contribution in [0.5, 0.6) is 11.5 Å². The fraction of sp³-hybridized carbons (Fsp3) is 0.238. The lowest BCUT2D eigenvalue weighted by Gasteiger charge is -2.16. The van der Waals surface area contributed by atoms with Gasteiger partial charge in [0.2, 0.25) is 0 Å². The predicted octanol–water partition coefficient (Wildman–Crippen LogP) is 4.91. The van der Waals surface area contributed by atoms with E-state index in [1.807, 2.05) is 12.1 Å². The highest BCUT2D eigenvalue weighted by atomic mass is 16.5. The summed E-state index contributed by atoms with van der Waals surface area (Å²) in [5, 5.41) is 3.43. The molecule has 2 rings (SSSR count). The third-order valence-corrected chi connectivity index (χ3v) is 3.67. The average Bonchev–Trinajstić information content (AvgIpc) is 2.60. The topological polar surface area (TPSA) is 30.5 Å². The van der Waals surface area contributed by atoms with Gasteiger partial charge in [0.1, 0.15) is 6.61 Å². The normalized spacial score (nSPS) is 10.1. The number of hydrogen-bond acceptors (Lipinski definition) is 3. The van der Waals surface area contributed by atoms with Crippen LogP contribution in [0.1, 0.15) is 16.7 Å². The zero-order chi connectivity index (χ0) is 17.4. The zero-order valence-electron chi connectivity index (χ0n) is 14.5. The monoisotopic (exact) mass is 323 g/mol. The largest absolute Gasteiger partial charge is 0.493 e. The molecular formula is C21H25NO2. The molecular weight excluding hydrogens is 298 g/mol. The molecule has 0 aromatic heterocycles. The quantitative estimate of drug-likeness (QED) is 0.665. The van der Waals surface area contributed by atoms with E-state index in [-0.39, 0.29) is 0 Å². The van der Waals surface area contributed by atoms with Crippen molar-refractivity contribution in [3.8, 4) is 11.5 Å². The van der Waals surface area contributed by atoms with Gasteiger partial charge >= 0.3 is 0 Å². The molecule has 24 heavy (non-hydrogen) atoms. The van der Waals surface area contributed by atoms with Crippen LogP contribution in [0.2, 0.25) is 0 Å². The summed E-state index contributed by atoms with van der Waals surface area (Å²) < 4.78 is 11.3. The molecule has 2 aromatic rings. The highest BCUT2D eigenvalue weighted by molar-refractivity contribution is 5.52. The number of benzene rings is 2. The fourth-order valence-electron chi connectivity index (χ4n) is 2.47. The molecule has 0 heterocycles. The highest BCUT2D eigenvalue weighted by Crippen LogP contribution is 2.34. The lowest BCUT2D eigenvalue weighted by atomic mass is 10.1. The second kappa shape index (κ2) is 8.82. The van der Waals surface area contributed by atoms with Gasteiger partial charge in [-0.15, -0.1) is 6.58 Å². The van der Waals surface area contributed by atoms with Crippen LogP contribution in [-0.2, 0) is 13.0 Å². The molecule has 0 saturated carbocycles. The number of rotatable bonds is 9. The van der Waals surface area contributed by atoms with Crippen LogP contribution < -0.4 is 14.8 Å². The van der Waals surface area contributed by atoms with Gasteiger partial charge in [0.05, 0.1) is 7.11 Å². The van der Waals surface area contributed by atoms with Crippen molar-refractivity contribution < 1.29 is 9.47 Å². The molecule has 1 N–H and O–H groups in total. The third kappa shape index (κ3) is 4.66. The Hall–Kier alpha value is -2.68. The Morgan fingerprint density at radius 2 is 1.83 bits per heavy atom.